The Morgan fingerprint density at radius 2 is 2.24 bits per heavy atom. The maximum absolute atomic E-state index is 4.72. The summed E-state index contributed by atoms with van der Waals surface area (Å²) in [6.07, 6.45) is 9.89. The van der Waals surface area contributed by atoms with E-state index in [2.05, 4.69) is 29.2 Å². The van der Waals surface area contributed by atoms with E-state index in [1.165, 1.54) is 37.8 Å². The summed E-state index contributed by atoms with van der Waals surface area (Å²) in [6, 6.07) is 2.88. The minimum atomic E-state index is 0.679. The molecular formula is C14H25N3. The third-order valence-corrected chi connectivity index (χ3v) is 3.81. The van der Waals surface area contributed by atoms with Crippen LogP contribution in [0.15, 0.2) is 12.3 Å². The summed E-state index contributed by atoms with van der Waals surface area (Å²) in [7, 11) is 2.02. The van der Waals surface area contributed by atoms with Crippen LogP contribution in [-0.2, 0) is 6.42 Å². The van der Waals surface area contributed by atoms with Gasteiger partial charge < -0.3 is 5.32 Å². The zero-order valence-electron chi connectivity index (χ0n) is 11.2. The van der Waals surface area contributed by atoms with Crippen LogP contribution in [0.5, 0.6) is 0 Å². The van der Waals surface area contributed by atoms with Crippen molar-refractivity contribution in [2.24, 2.45) is 5.92 Å². The highest BCUT2D eigenvalue weighted by Gasteiger charge is 2.17. The smallest absolute Gasteiger partial charge is 0.0624 e. The van der Waals surface area contributed by atoms with Crippen molar-refractivity contribution in [1.29, 1.82) is 0 Å². The average Bonchev–Trinajstić information content (AvgIpc) is 2.97. The fourth-order valence-electron chi connectivity index (χ4n) is 2.73. The van der Waals surface area contributed by atoms with Gasteiger partial charge in [-0.15, -0.1) is 0 Å². The Balaban J connectivity index is 1.81. The molecule has 3 heteroatoms. The first-order valence-corrected chi connectivity index (χ1v) is 6.98. The van der Waals surface area contributed by atoms with E-state index in [4.69, 9.17) is 5.10 Å². The third-order valence-electron chi connectivity index (χ3n) is 3.81. The maximum atomic E-state index is 4.72. The van der Waals surface area contributed by atoms with Crippen molar-refractivity contribution in [2.75, 3.05) is 13.6 Å². The lowest BCUT2D eigenvalue weighted by Crippen LogP contribution is -2.16. The molecule has 1 aliphatic carbocycles. The first-order valence-electron chi connectivity index (χ1n) is 6.98. The fourth-order valence-corrected chi connectivity index (χ4v) is 2.73. The lowest BCUT2D eigenvalue weighted by Gasteiger charge is -2.10. The molecule has 1 aliphatic rings. The van der Waals surface area contributed by atoms with E-state index in [9.17, 15) is 0 Å². The largest absolute Gasteiger partial charge is 0.319 e. The van der Waals surface area contributed by atoms with Crippen molar-refractivity contribution in [3.8, 4) is 0 Å². The van der Waals surface area contributed by atoms with Crippen LogP contribution in [0.4, 0.5) is 0 Å². The highest BCUT2D eigenvalue weighted by atomic mass is 15.3. The minimum Gasteiger partial charge on any atom is -0.319 e. The molecular weight excluding hydrogens is 210 g/mol. The van der Waals surface area contributed by atoms with E-state index in [1.807, 2.05) is 7.05 Å². The summed E-state index contributed by atoms with van der Waals surface area (Å²) in [5, 5.41) is 7.95. The second-order valence-electron chi connectivity index (χ2n) is 5.43. The Labute approximate surface area is 105 Å². The quantitative estimate of drug-likeness (QED) is 0.821. The Hall–Kier alpha value is -0.830. The van der Waals surface area contributed by atoms with E-state index in [1.54, 1.807) is 0 Å². The van der Waals surface area contributed by atoms with Crippen LogP contribution < -0.4 is 5.32 Å². The van der Waals surface area contributed by atoms with Crippen LogP contribution in [0.1, 0.15) is 50.8 Å². The molecule has 1 atom stereocenters. The van der Waals surface area contributed by atoms with Gasteiger partial charge in [0, 0.05) is 6.20 Å². The summed E-state index contributed by atoms with van der Waals surface area (Å²) in [4.78, 5) is 0. The molecule has 0 amide bonds. The van der Waals surface area contributed by atoms with Crippen molar-refractivity contribution in [3.05, 3.63) is 18.0 Å². The molecule has 1 fully saturated rings. The van der Waals surface area contributed by atoms with E-state index < -0.39 is 0 Å². The highest BCUT2D eigenvalue weighted by Crippen LogP contribution is 2.28. The van der Waals surface area contributed by atoms with E-state index in [0.29, 0.717) is 6.04 Å². The van der Waals surface area contributed by atoms with Crippen LogP contribution in [-0.4, -0.2) is 23.4 Å². The van der Waals surface area contributed by atoms with E-state index in [0.717, 1.165) is 18.9 Å². The molecule has 96 valence electrons. The van der Waals surface area contributed by atoms with Crippen LogP contribution in [0.3, 0.4) is 0 Å². The zero-order chi connectivity index (χ0) is 12.1. The molecule has 0 saturated heterocycles. The molecule has 1 N–H and O–H groups in total. The summed E-state index contributed by atoms with van der Waals surface area (Å²) >= 11 is 0. The summed E-state index contributed by atoms with van der Waals surface area (Å²) in [5.41, 5.74) is 1.26. The van der Waals surface area contributed by atoms with Crippen molar-refractivity contribution in [1.82, 2.24) is 15.1 Å². The molecule has 0 aliphatic heterocycles. The standard InChI is InChI=1S/C14H25N3/c1-12(11-15-2)7-8-13-9-10-17(16-13)14-5-3-4-6-14/h9-10,12,14-15H,3-8,11H2,1-2H3. The molecule has 1 saturated carbocycles. The maximum Gasteiger partial charge on any atom is 0.0624 e. The zero-order valence-corrected chi connectivity index (χ0v) is 11.2. The molecule has 0 radical (unpaired) electrons. The summed E-state index contributed by atoms with van der Waals surface area (Å²) in [5.74, 6) is 0.733. The Bertz CT molecular complexity index is 326. The van der Waals surface area contributed by atoms with Gasteiger partial charge in [-0.3, -0.25) is 4.68 Å². The van der Waals surface area contributed by atoms with Gasteiger partial charge in [0.25, 0.3) is 0 Å². The normalized spacial score (nSPS) is 18.7. The lowest BCUT2D eigenvalue weighted by molar-refractivity contribution is 0.456. The predicted molar refractivity (Wildman–Crippen MR) is 71.1 cm³/mol. The molecule has 0 aromatic carbocycles. The number of rotatable bonds is 6. The molecule has 1 aromatic heterocycles. The lowest BCUT2D eigenvalue weighted by atomic mass is 10.0. The van der Waals surface area contributed by atoms with Gasteiger partial charge in [0.1, 0.15) is 0 Å². The molecule has 17 heavy (non-hydrogen) atoms. The highest BCUT2D eigenvalue weighted by molar-refractivity contribution is 5.00. The number of hydrogen-bond acceptors (Lipinski definition) is 2. The monoisotopic (exact) mass is 235 g/mol. The van der Waals surface area contributed by atoms with Gasteiger partial charge in [0.05, 0.1) is 11.7 Å². The summed E-state index contributed by atoms with van der Waals surface area (Å²) < 4.78 is 2.20. The second-order valence-corrected chi connectivity index (χ2v) is 5.43. The molecule has 1 heterocycles. The van der Waals surface area contributed by atoms with Crippen LogP contribution in [0, 0.1) is 5.92 Å². The van der Waals surface area contributed by atoms with Gasteiger partial charge in [-0.05, 0) is 51.3 Å². The van der Waals surface area contributed by atoms with E-state index >= 15 is 0 Å². The number of nitrogens with one attached hydrogen (secondary N) is 1. The first-order chi connectivity index (χ1) is 8.29. The summed E-state index contributed by atoms with van der Waals surface area (Å²) in [6.45, 7) is 3.40. The first kappa shape index (κ1) is 12.6. The second kappa shape index (κ2) is 6.20. The Morgan fingerprint density at radius 3 is 2.94 bits per heavy atom. The van der Waals surface area contributed by atoms with Gasteiger partial charge in [-0.2, -0.15) is 5.10 Å². The van der Waals surface area contributed by atoms with Gasteiger partial charge in [0.15, 0.2) is 0 Å². The topological polar surface area (TPSA) is 29.9 Å². The predicted octanol–water partition coefficient (Wildman–Crippen LogP) is 2.79. The molecule has 0 spiro atoms. The van der Waals surface area contributed by atoms with Gasteiger partial charge >= 0.3 is 0 Å². The van der Waals surface area contributed by atoms with Gasteiger partial charge in [0.2, 0.25) is 0 Å². The number of hydrogen-bond donors (Lipinski definition) is 1. The molecule has 0 bridgehead atoms. The third kappa shape index (κ3) is 3.56. The van der Waals surface area contributed by atoms with Crippen molar-refractivity contribution in [3.63, 3.8) is 0 Å². The average molecular weight is 235 g/mol. The molecule has 1 unspecified atom stereocenters. The van der Waals surface area contributed by atoms with Crippen molar-refractivity contribution in [2.45, 2.75) is 51.5 Å². The SMILES string of the molecule is CNCC(C)CCc1ccn(C2CCCC2)n1. The molecule has 2 rings (SSSR count). The fraction of sp³-hybridized carbons (Fsp3) is 0.786. The number of aromatic nitrogens is 2. The molecule has 1 aromatic rings. The van der Waals surface area contributed by atoms with Crippen LogP contribution in [0.25, 0.3) is 0 Å². The molecule has 3 nitrogen and oxygen atoms in total. The minimum absolute atomic E-state index is 0.679. The van der Waals surface area contributed by atoms with Crippen LogP contribution in [0.2, 0.25) is 0 Å². The van der Waals surface area contributed by atoms with E-state index in [-0.39, 0.29) is 0 Å². The number of aryl methyl sites for hydroxylation is 1. The van der Waals surface area contributed by atoms with Gasteiger partial charge in [-0.1, -0.05) is 19.8 Å². The Morgan fingerprint density at radius 1 is 1.47 bits per heavy atom. The van der Waals surface area contributed by atoms with Gasteiger partial charge in [-0.25, -0.2) is 0 Å². The number of nitrogens with zero attached hydrogens (tertiary/aromatic N) is 2. The van der Waals surface area contributed by atoms with Crippen molar-refractivity contribution >= 4 is 0 Å². The Kier molecular flexibility index (Phi) is 4.60. The van der Waals surface area contributed by atoms with Crippen LogP contribution >= 0.6 is 0 Å². The van der Waals surface area contributed by atoms with Crippen molar-refractivity contribution < 1.29 is 0 Å².